The van der Waals surface area contributed by atoms with Gasteiger partial charge in [-0.05, 0) is 54.7 Å². The van der Waals surface area contributed by atoms with Crippen molar-refractivity contribution in [1.82, 2.24) is 9.88 Å². The minimum Gasteiger partial charge on any atom is -0.493 e. The van der Waals surface area contributed by atoms with Gasteiger partial charge in [0.05, 0.1) is 20.3 Å². The van der Waals surface area contributed by atoms with Crippen LogP contribution in [0.2, 0.25) is 0 Å². The molecule has 0 unspecified atom stereocenters. The Morgan fingerprint density at radius 2 is 1.93 bits per heavy atom. The zero-order valence-corrected chi connectivity index (χ0v) is 16.6. The van der Waals surface area contributed by atoms with Crippen molar-refractivity contribution in [3.8, 4) is 11.5 Å². The highest BCUT2D eigenvalue weighted by Gasteiger charge is 2.29. The van der Waals surface area contributed by atoms with E-state index in [9.17, 15) is 4.79 Å². The fourth-order valence-corrected chi connectivity index (χ4v) is 4.21. The number of rotatable bonds is 5. The van der Waals surface area contributed by atoms with E-state index in [0.29, 0.717) is 12.2 Å². The summed E-state index contributed by atoms with van der Waals surface area (Å²) in [4.78, 5) is 18.3. The molecule has 28 heavy (non-hydrogen) atoms. The third-order valence-electron chi connectivity index (χ3n) is 5.79. The Hall–Kier alpha value is -2.95. The number of ether oxygens (including phenoxy) is 2. The van der Waals surface area contributed by atoms with Gasteiger partial charge in [-0.15, -0.1) is 0 Å². The van der Waals surface area contributed by atoms with Crippen LogP contribution in [0.15, 0.2) is 42.6 Å². The molecule has 1 aromatic heterocycles. The first kappa shape index (κ1) is 18.4. The Labute approximate surface area is 165 Å². The summed E-state index contributed by atoms with van der Waals surface area (Å²) in [5.41, 5.74) is 4.68. The first-order chi connectivity index (χ1) is 13.6. The van der Waals surface area contributed by atoms with Crippen molar-refractivity contribution in [2.45, 2.75) is 32.2 Å². The molecule has 1 N–H and O–H groups in total. The van der Waals surface area contributed by atoms with Crippen LogP contribution in [0.25, 0.3) is 10.9 Å². The van der Waals surface area contributed by atoms with E-state index in [-0.39, 0.29) is 11.9 Å². The van der Waals surface area contributed by atoms with Crippen molar-refractivity contribution in [2.75, 3.05) is 20.8 Å². The van der Waals surface area contributed by atoms with E-state index in [1.807, 2.05) is 35.4 Å². The predicted molar refractivity (Wildman–Crippen MR) is 110 cm³/mol. The number of aryl methyl sites for hydroxylation is 1. The van der Waals surface area contributed by atoms with E-state index in [1.54, 1.807) is 14.2 Å². The number of carbonyl (C=O) groups is 1. The molecule has 5 nitrogen and oxygen atoms in total. The minimum atomic E-state index is 0.0269. The molecule has 4 rings (SSSR count). The number of benzene rings is 2. The quantitative estimate of drug-likeness (QED) is 0.722. The molecule has 0 bridgehead atoms. The maximum Gasteiger partial charge on any atom is 0.223 e. The first-order valence-corrected chi connectivity index (χ1v) is 9.71. The minimum absolute atomic E-state index is 0.0269. The van der Waals surface area contributed by atoms with E-state index < -0.39 is 0 Å². The molecule has 0 saturated carbocycles. The second-order valence-electron chi connectivity index (χ2n) is 7.28. The van der Waals surface area contributed by atoms with Gasteiger partial charge in [0.2, 0.25) is 5.91 Å². The van der Waals surface area contributed by atoms with Crippen molar-refractivity contribution in [1.29, 1.82) is 0 Å². The number of methoxy groups -OCH3 is 2. The van der Waals surface area contributed by atoms with Gasteiger partial charge in [-0.2, -0.15) is 0 Å². The van der Waals surface area contributed by atoms with Gasteiger partial charge in [-0.3, -0.25) is 4.79 Å². The monoisotopic (exact) mass is 378 g/mol. The summed E-state index contributed by atoms with van der Waals surface area (Å²) in [6.45, 7) is 2.82. The molecule has 0 fully saturated rings. The van der Waals surface area contributed by atoms with Crippen molar-refractivity contribution in [3.05, 3.63) is 59.3 Å². The largest absolute Gasteiger partial charge is 0.493 e. The van der Waals surface area contributed by atoms with Gasteiger partial charge in [0.15, 0.2) is 11.5 Å². The number of fused-ring (bicyclic) bond motifs is 2. The van der Waals surface area contributed by atoms with Crippen LogP contribution >= 0.6 is 0 Å². The number of hydrogen-bond donors (Lipinski definition) is 1. The molecule has 0 radical (unpaired) electrons. The summed E-state index contributed by atoms with van der Waals surface area (Å²) in [6.07, 6.45) is 4.10. The zero-order chi connectivity index (χ0) is 19.7. The fourth-order valence-electron chi connectivity index (χ4n) is 4.21. The van der Waals surface area contributed by atoms with E-state index in [0.717, 1.165) is 36.2 Å². The number of carbonyl (C=O) groups excluding carboxylic acids is 1. The van der Waals surface area contributed by atoms with E-state index in [1.165, 1.54) is 16.5 Å². The standard InChI is InChI=1S/C23H26N2O3/c1-15-19-13-22(28-3)21(27-2)12-16(19)10-11-25(15)23(26)9-8-17-14-24-20-7-5-4-6-18(17)20/h4-7,12-15,24H,8-11H2,1-3H3/t15-/m1/s1. The molecule has 146 valence electrons. The summed E-state index contributed by atoms with van der Waals surface area (Å²) in [6, 6.07) is 12.3. The predicted octanol–water partition coefficient (Wildman–Crippen LogP) is 4.26. The summed E-state index contributed by atoms with van der Waals surface area (Å²) < 4.78 is 10.9. The molecule has 3 aromatic rings. The highest BCUT2D eigenvalue weighted by Crippen LogP contribution is 2.38. The third-order valence-corrected chi connectivity index (χ3v) is 5.79. The molecule has 0 aliphatic carbocycles. The van der Waals surface area contributed by atoms with Crippen molar-refractivity contribution >= 4 is 16.8 Å². The molecule has 2 heterocycles. The molecule has 5 heteroatoms. The summed E-state index contributed by atoms with van der Waals surface area (Å²) in [7, 11) is 3.29. The van der Waals surface area contributed by atoms with E-state index in [4.69, 9.17) is 9.47 Å². The SMILES string of the molecule is COc1cc2c(cc1OC)[C@@H](C)N(C(=O)CCc1c[nH]c3ccccc13)CC2. The van der Waals surface area contributed by atoms with Crippen LogP contribution in [0.3, 0.4) is 0 Å². The van der Waals surface area contributed by atoms with Crippen LogP contribution in [-0.2, 0) is 17.6 Å². The molecule has 1 atom stereocenters. The van der Waals surface area contributed by atoms with Crippen LogP contribution in [0, 0.1) is 0 Å². The lowest BCUT2D eigenvalue weighted by Gasteiger charge is -2.36. The molecular formula is C23H26N2O3. The fraction of sp³-hybridized carbons (Fsp3) is 0.348. The summed E-state index contributed by atoms with van der Waals surface area (Å²) >= 11 is 0. The number of H-pyrrole nitrogens is 1. The van der Waals surface area contributed by atoms with E-state index >= 15 is 0 Å². The van der Waals surface area contributed by atoms with Crippen molar-refractivity contribution < 1.29 is 14.3 Å². The van der Waals surface area contributed by atoms with Gasteiger partial charge in [-0.25, -0.2) is 0 Å². The molecule has 2 aromatic carbocycles. The molecule has 1 aliphatic rings. The molecular weight excluding hydrogens is 352 g/mol. The lowest BCUT2D eigenvalue weighted by atomic mass is 9.92. The van der Waals surface area contributed by atoms with Crippen LogP contribution in [0.4, 0.5) is 0 Å². The highest BCUT2D eigenvalue weighted by molar-refractivity contribution is 5.84. The van der Waals surface area contributed by atoms with Gasteiger partial charge in [-0.1, -0.05) is 18.2 Å². The number of nitrogens with one attached hydrogen (secondary N) is 1. The van der Waals surface area contributed by atoms with Gasteiger partial charge < -0.3 is 19.4 Å². The Bertz CT molecular complexity index is 1010. The number of hydrogen-bond acceptors (Lipinski definition) is 3. The Kier molecular flexibility index (Phi) is 4.99. The smallest absolute Gasteiger partial charge is 0.223 e. The number of aromatic amines is 1. The molecule has 0 spiro atoms. The average Bonchev–Trinajstić information content (AvgIpc) is 3.14. The van der Waals surface area contributed by atoms with Crippen molar-refractivity contribution in [2.24, 2.45) is 0 Å². The lowest BCUT2D eigenvalue weighted by molar-refractivity contribution is -0.133. The summed E-state index contributed by atoms with van der Waals surface area (Å²) in [5.74, 6) is 1.65. The normalized spacial score (nSPS) is 16.1. The highest BCUT2D eigenvalue weighted by atomic mass is 16.5. The Morgan fingerprint density at radius 3 is 2.71 bits per heavy atom. The first-order valence-electron chi connectivity index (χ1n) is 9.71. The Morgan fingerprint density at radius 1 is 1.18 bits per heavy atom. The molecule has 0 saturated heterocycles. The Balaban J connectivity index is 1.50. The molecule has 1 aliphatic heterocycles. The van der Waals surface area contributed by atoms with Crippen molar-refractivity contribution in [3.63, 3.8) is 0 Å². The van der Waals surface area contributed by atoms with Gasteiger partial charge >= 0.3 is 0 Å². The number of amides is 1. The van der Waals surface area contributed by atoms with Gasteiger partial charge in [0.1, 0.15) is 0 Å². The maximum atomic E-state index is 13.0. The number of aromatic nitrogens is 1. The van der Waals surface area contributed by atoms with Crippen LogP contribution in [0.5, 0.6) is 11.5 Å². The third kappa shape index (κ3) is 3.21. The van der Waals surface area contributed by atoms with E-state index in [2.05, 4.69) is 24.0 Å². The zero-order valence-electron chi connectivity index (χ0n) is 16.6. The second kappa shape index (κ2) is 7.58. The second-order valence-corrected chi connectivity index (χ2v) is 7.28. The van der Waals surface area contributed by atoms with Gasteiger partial charge in [0.25, 0.3) is 0 Å². The average molecular weight is 378 g/mol. The van der Waals surface area contributed by atoms with Crippen LogP contribution < -0.4 is 9.47 Å². The van der Waals surface area contributed by atoms with Crippen LogP contribution in [-0.4, -0.2) is 36.6 Å². The molecule has 1 amide bonds. The van der Waals surface area contributed by atoms with Gasteiger partial charge in [0, 0.05) is 30.1 Å². The van der Waals surface area contributed by atoms with Crippen LogP contribution in [0.1, 0.15) is 36.1 Å². The number of nitrogens with zero attached hydrogens (tertiary/aromatic N) is 1. The summed E-state index contributed by atoms with van der Waals surface area (Å²) in [5, 5.41) is 1.20. The number of para-hydroxylation sites is 1. The topological polar surface area (TPSA) is 54.6 Å². The lowest BCUT2D eigenvalue weighted by Crippen LogP contribution is -2.39. The maximum absolute atomic E-state index is 13.0.